The maximum absolute atomic E-state index is 12.3. The zero-order chi connectivity index (χ0) is 44.0. The highest BCUT2D eigenvalue weighted by Crippen LogP contribution is 2.16. The van der Waals surface area contributed by atoms with Gasteiger partial charge in [0.05, 0.1) is 13.2 Å². The summed E-state index contributed by atoms with van der Waals surface area (Å²) in [6.45, 7) is 5.38. The molecule has 0 aliphatic rings. The molecule has 0 radical (unpaired) electrons. The zero-order valence-electron chi connectivity index (χ0n) is 41.4. The standard InChI is InChI=1S/C57H108O4/c1-3-5-7-9-11-13-15-17-19-21-23-25-27-29-30-32-34-36-38-40-42-44-46-48-50-52-57(59)61-56(54-58)55-60-53-51-49-47-45-43-41-39-37-35-33-31-28-26-24-22-20-18-16-14-12-10-8-6-4-2/h16,18,21-24,56,58H,3-15,17,19-20,25-55H2,1-2H3/b18-16-,23-21-,24-22-. The molecule has 0 heterocycles. The van der Waals surface area contributed by atoms with Crippen LogP contribution in [0.5, 0.6) is 0 Å². The van der Waals surface area contributed by atoms with Gasteiger partial charge in [0.2, 0.25) is 0 Å². The fraction of sp³-hybridized carbons (Fsp3) is 0.877. The van der Waals surface area contributed by atoms with Crippen LogP contribution in [0.4, 0.5) is 0 Å². The number of aliphatic hydroxyl groups excluding tert-OH is 1. The second-order valence-electron chi connectivity index (χ2n) is 18.7. The number of allylic oxidation sites excluding steroid dienone is 6. The van der Waals surface area contributed by atoms with Crippen molar-refractivity contribution in [3.8, 4) is 0 Å². The maximum atomic E-state index is 12.3. The highest BCUT2D eigenvalue weighted by molar-refractivity contribution is 5.69. The maximum Gasteiger partial charge on any atom is 0.306 e. The summed E-state index contributed by atoms with van der Waals surface area (Å²) in [7, 11) is 0. The van der Waals surface area contributed by atoms with Gasteiger partial charge in [0, 0.05) is 13.0 Å². The largest absolute Gasteiger partial charge is 0.457 e. The van der Waals surface area contributed by atoms with Crippen LogP contribution in [0.25, 0.3) is 0 Å². The van der Waals surface area contributed by atoms with Gasteiger partial charge < -0.3 is 14.6 Å². The summed E-state index contributed by atoms with van der Waals surface area (Å²) >= 11 is 0. The van der Waals surface area contributed by atoms with E-state index in [2.05, 4.69) is 50.3 Å². The van der Waals surface area contributed by atoms with E-state index in [0.29, 0.717) is 19.6 Å². The van der Waals surface area contributed by atoms with Crippen LogP contribution in [0, 0.1) is 0 Å². The van der Waals surface area contributed by atoms with E-state index in [0.717, 1.165) is 25.7 Å². The molecule has 0 spiro atoms. The summed E-state index contributed by atoms with van der Waals surface area (Å²) in [5.74, 6) is -0.196. The molecule has 1 unspecified atom stereocenters. The molecule has 0 aliphatic heterocycles. The van der Waals surface area contributed by atoms with E-state index in [1.165, 1.54) is 250 Å². The first-order valence-electron chi connectivity index (χ1n) is 27.6. The molecule has 0 amide bonds. The van der Waals surface area contributed by atoms with Crippen molar-refractivity contribution in [1.29, 1.82) is 0 Å². The molecule has 61 heavy (non-hydrogen) atoms. The number of hydrogen-bond donors (Lipinski definition) is 1. The van der Waals surface area contributed by atoms with Gasteiger partial charge in [0.25, 0.3) is 0 Å². The number of ether oxygens (including phenoxy) is 2. The summed E-state index contributed by atoms with van der Waals surface area (Å²) in [4.78, 5) is 12.3. The van der Waals surface area contributed by atoms with Gasteiger partial charge in [-0.1, -0.05) is 256 Å². The third-order valence-electron chi connectivity index (χ3n) is 12.4. The molecule has 4 heteroatoms. The molecule has 0 aromatic heterocycles. The minimum Gasteiger partial charge on any atom is -0.457 e. The predicted octanol–water partition coefficient (Wildman–Crippen LogP) is 18.8. The van der Waals surface area contributed by atoms with Gasteiger partial charge in [-0.15, -0.1) is 0 Å². The summed E-state index contributed by atoms with van der Waals surface area (Å²) < 4.78 is 11.2. The first-order chi connectivity index (χ1) is 30.2. The van der Waals surface area contributed by atoms with Crippen molar-refractivity contribution < 1.29 is 19.4 Å². The topological polar surface area (TPSA) is 55.8 Å². The molecule has 0 saturated carbocycles. The highest BCUT2D eigenvalue weighted by atomic mass is 16.6. The Morgan fingerprint density at radius 2 is 0.689 bits per heavy atom. The Labute approximate surface area is 382 Å². The van der Waals surface area contributed by atoms with Crippen molar-refractivity contribution in [2.45, 2.75) is 302 Å². The van der Waals surface area contributed by atoms with Crippen molar-refractivity contribution in [1.82, 2.24) is 0 Å². The molecule has 1 N–H and O–H groups in total. The monoisotopic (exact) mass is 857 g/mol. The van der Waals surface area contributed by atoms with Crippen molar-refractivity contribution >= 4 is 5.97 Å². The van der Waals surface area contributed by atoms with Crippen LogP contribution in [-0.4, -0.2) is 37.0 Å². The van der Waals surface area contributed by atoms with Gasteiger partial charge in [-0.2, -0.15) is 0 Å². The minimum atomic E-state index is -0.535. The van der Waals surface area contributed by atoms with Gasteiger partial charge >= 0.3 is 5.97 Å². The van der Waals surface area contributed by atoms with Crippen LogP contribution < -0.4 is 0 Å². The molecule has 0 rings (SSSR count). The molecule has 0 bridgehead atoms. The Morgan fingerprint density at radius 1 is 0.393 bits per heavy atom. The third kappa shape index (κ3) is 52.9. The molecule has 0 fully saturated rings. The Bertz CT molecular complexity index is 909. The number of aliphatic hydroxyl groups is 1. The molecule has 0 aliphatic carbocycles. The second kappa shape index (κ2) is 54.7. The first-order valence-corrected chi connectivity index (χ1v) is 27.6. The van der Waals surface area contributed by atoms with E-state index in [-0.39, 0.29) is 12.6 Å². The van der Waals surface area contributed by atoms with Crippen LogP contribution in [-0.2, 0) is 14.3 Å². The molecule has 0 aromatic rings. The van der Waals surface area contributed by atoms with Crippen LogP contribution in [0.3, 0.4) is 0 Å². The SMILES string of the molecule is CCCCCCC/C=C\C/C=C\CCCCCCCCCCCCCCOCC(CO)OC(=O)CCCCCCCCCCCCCCC/C=C\CCCCCCCCCC. The summed E-state index contributed by atoms with van der Waals surface area (Å²) in [5, 5.41) is 9.67. The lowest BCUT2D eigenvalue weighted by molar-refractivity contribution is -0.154. The van der Waals surface area contributed by atoms with E-state index >= 15 is 0 Å². The Balaban J connectivity index is 3.37. The fourth-order valence-electron chi connectivity index (χ4n) is 8.30. The number of unbranched alkanes of at least 4 members (excludes halogenated alkanes) is 38. The van der Waals surface area contributed by atoms with Gasteiger partial charge in [0.1, 0.15) is 6.10 Å². The molecule has 0 saturated heterocycles. The lowest BCUT2D eigenvalue weighted by atomic mass is 10.0. The van der Waals surface area contributed by atoms with Crippen molar-refractivity contribution in [3.05, 3.63) is 36.5 Å². The summed E-state index contributed by atoms with van der Waals surface area (Å²) in [6.07, 6.45) is 71.1. The molecule has 360 valence electrons. The number of rotatable bonds is 52. The third-order valence-corrected chi connectivity index (χ3v) is 12.4. The van der Waals surface area contributed by atoms with Gasteiger partial charge in [-0.05, 0) is 70.6 Å². The quantitative estimate of drug-likeness (QED) is 0.0376. The number of carbonyl (C=O) groups is 1. The van der Waals surface area contributed by atoms with Crippen LogP contribution in [0.15, 0.2) is 36.5 Å². The lowest BCUT2D eigenvalue weighted by Gasteiger charge is -2.16. The molecule has 0 aromatic carbocycles. The molecular weight excluding hydrogens is 749 g/mol. The van der Waals surface area contributed by atoms with Crippen LogP contribution in [0.2, 0.25) is 0 Å². The van der Waals surface area contributed by atoms with E-state index < -0.39 is 6.10 Å². The first kappa shape index (κ1) is 59.6. The van der Waals surface area contributed by atoms with E-state index in [9.17, 15) is 9.90 Å². The summed E-state index contributed by atoms with van der Waals surface area (Å²) in [6, 6.07) is 0. The Kier molecular flexibility index (Phi) is 53.5. The molecule has 1 atom stereocenters. The number of esters is 1. The molecular formula is C57H108O4. The van der Waals surface area contributed by atoms with E-state index in [1.54, 1.807) is 0 Å². The Hall–Kier alpha value is -1.39. The molecule has 4 nitrogen and oxygen atoms in total. The van der Waals surface area contributed by atoms with Gasteiger partial charge in [-0.3, -0.25) is 4.79 Å². The average Bonchev–Trinajstić information content (AvgIpc) is 3.27. The minimum absolute atomic E-state index is 0.169. The average molecular weight is 857 g/mol. The smallest absolute Gasteiger partial charge is 0.306 e. The number of carbonyl (C=O) groups excluding carboxylic acids is 1. The van der Waals surface area contributed by atoms with Crippen LogP contribution >= 0.6 is 0 Å². The Morgan fingerprint density at radius 3 is 1.03 bits per heavy atom. The van der Waals surface area contributed by atoms with E-state index in [4.69, 9.17) is 9.47 Å². The van der Waals surface area contributed by atoms with Crippen LogP contribution in [0.1, 0.15) is 296 Å². The second-order valence-corrected chi connectivity index (χ2v) is 18.7. The van der Waals surface area contributed by atoms with E-state index in [1.807, 2.05) is 0 Å². The lowest BCUT2D eigenvalue weighted by Crippen LogP contribution is -2.27. The van der Waals surface area contributed by atoms with Gasteiger partial charge in [-0.25, -0.2) is 0 Å². The number of hydrogen-bond acceptors (Lipinski definition) is 4. The summed E-state index contributed by atoms with van der Waals surface area (Å²) in [5.41, 5.74) is 0. The van der Waals surface area contributed by atoms with Crippen molar-refractivity contribution in [2.75, 3.05) is 19.8 Å². The highest BCUT2D eigenvalue weighted by Gasteiger charge is 2.13. The van der Waals surface area contributed by atoms with Crippen molar-refractivity contribution in [2.24, 2.45) is 0 Å². The predicted molar refractivity (Wildman–Crippen MR) is 270 cm³/mol. The normalized spacial score (nSPS) is 12.5. The zero-order valence-corrected chi connectivity index (χ0v) is 41.4. The van der Waals surface area contributed by atoms with Gasteiger partial charge in [0.15, 0.2) is 0 Å². The fourth-order valence-corrected chi connectivity index (χ4v) is 8.30. The van der Waals surface area contributed by atoms with Crippen molar-refractivity contribution in [3.63, 3.8) is 0 Å².